The second kappa shape index (κ2) is 12.6. The van der Waals surface area contributed by atoms with Gasteiger partial charge in [-0.25, -0.2) is 13.4 Å². The number of nitrogens with zero attached hydrogens (tertiary/aromatic N) is 4. The Morgan fingerprint density at radius 1 is 1.12 bits per heavy atom. The molecule has 1 amide bonds. The van der Waals surface area contributed by atoms with Crippen molar-refractivity contribution < 1.29 is 22.7 Å². The van der Waals surface area contributed by atoms with Gasteiger partial charge in [0.15, 0.2) is 0 Å². The van der Waals surface area contributed by atoms with Gasteiger partial charge in [0.1, 0.15) is 21.4 Å². The molecule has 0 bridgehead atoms. The van der Waals surface area contributed by atoms with E-state index in [1.807, 2.05) is 46.0 Å². The van der Waals surface area contributed by atoms with Crippen molar-refractivity contribution in [2.24, 2.45) is 5.92 Å². The molecule has 1 aromatic carbocycles. The number of fused-ring (bicyclic) bond motifs is 1. The van der Waals surface area contributed by atoms with Gasteiger partial charge in [0.2, 0.25) is 11.9 Å². The van der Waals surface area contributed by atoms with Crippen molar-refractivity contribution in [3.05, 3.63) is 42.7 Å². The summed E-state index contributed by atoms with van der Waals surface area (Å²) in [7, 11) is -1.31. The molecule has 0 radical (unpaired) electrons. The molecule has 1 saturated heterocycles. The average Bonchev–Trinajstić information content (AvgIpc) is 3.59. The van der Waals surface area contributed by atoms with E-state index in [-0.39, 0.29) is 29.7 Å². The number of nitrogens with one attached hydrogen (secondary N) is 1. The fourth-order valence-electron chi connectivity index (χ4n) is 5.91. The van der Waals surface area contributed by atoms with E-state index in [2.05, 4.69) is 10.3 Å². The molecular weight excluding hydrogens is 530 g/mol. The lowest BCUT2D eigenvalue weighted by Crippen LogP contribution is -2.43. The Morgan fingerprint density at radius 2 is 1.95 bits per heavy atom. The van der Waals surface area contributed by atoms with E-state index in [0.29, 0.717) is 31.3 Å². The van der Waals surface area contributed by atoms with Crippen LogP contribution in [0.15, 0.2) is 42.7 Å². The number of benzene rings is 1. The van der Waals surface area contributed by atoms with Gasteiger partial charge in [-0.3, -0.25) is 4.79 Å². The Labute approximate surface area is 236 Å². The minimum atomic E-state index is -3.01. The molecule has 1 N–H and O–H groups in total. The monoisotopic (exact) mass is 569 g/mol. The van der Waals surface area contributed by atoms with Crippen LogP contribution in [0.5, 0.6) is 5.75 Å². The number of hydrogen-bond acceptors (Lipinski definition) is 8. The number of carbonyl (C=O) groups is 1. The number of rotatable bonds is 11. The summed E-state index contributed by atoms with van der Waals surface area (Å²) in [4.78, 5) is 24.4. The number of sulfone groups is 1. The minimum Gasteiger partial charge on any atom is -0.493 e. The molecule has 11 heteroatoms. The number of methoxy groups -OCH3 is 1. The van der Waals surface area contributed by atoms with Crippen LogP contribution in [0, 0.1) is 5.92 Å². The second-order valence-corrected chi connectivity index (χ2v) is 13.2. The summed E-state index contributed by atoms with van der Waals surface area (Å²) in [5, 5.41) is 4.43. The fourth-order valence-corrected chi connectivity index (χ4v) is 6.56. The number of hydrogen-bond donors (Lipinski definition) is 1. The Morgan fingerprint density at radius 3 is 2.73 bits per heavy atom. The van der Waals surface area contributed by atoms with Crippen LogP contribution in [-0.4, -0.2) is 84.7 Å². The first-order valence-electron chi connectivity index (χ1n) is 14.1. The number of amides is 1. The van der Waals surface area contributed by atoms with Gasteiger partial charge in [0, 0.05) is 49.6 Å². The van der Waals surface area contributed by atoms with Crippen LogP contribution in [0.1, 0.15) is 44.9 Å². The van der Waals surface area contributed by atoms with Gasteiger partial charge in [0.25, 0.3) is 0 Å². The molecule has 40 heavy (non-hydrogen) atoms. The molecule has 1 aliphatic heterocycles. The Balaban J connectivity index is 1.20. The summed E-state index contributed by atoms with van der Waals surface area (Å²) in [6.45, 7) is 1.79. The second-order valence-electron chi connectivity index (χ2n) is 10.9. The zero-order chi connectivity index (χ0) is 28.1. The molecule has 3 aromatic rings. The van der Waals surface area contributed by atoms with Gasteiger partial charge < -0.3 is 24.3 Å². The van der Waals surface area contributed by atoms with Crippen molar-refractivity contribution in [2.45, 2.75) is 57.0 Å². The summed E-state index contributed by atoms with van der Waals surface area (Å²) < 4.78 is 36.0. The van der Waals surface area contributed by atoms with Gasteiger partial charge in [-0.15, -0.1) is 0 Å². The van der Waals surface area contributed by atoms with E-state index in [4.69, 9.17) is 14.5 Å². The van der Waals surface area contributed by atoms with Gasteiger partial charge in [0.05, 0.1) is 30.5 Å². The van der Waals surface area contributed by atoms with Crippen molar-refractivity contribution in [1.29, 1.82) is 0 Å². The van der Waals surface area contributed by atoms with Crippen molar-refractivity contribution in [3.8, 4) is 11.6 Å². The van der Waals surface area contributed by atoms with E-state index in [1.54, 1.807) is 13.3 Å². The van der Waals surface area contributed by atoms with Crippen LogP contribution in [0.4, 0.5) is 5.95 Å². The highest BCUT2D eigenvalue weighted by Crippen LogP contribution is 2.31. The number of carbonyl (C=O) groups excluding carboxylic acids is 1. The largest absolute Gasteiger partial charge is 0.493 e. The minimum absolute atomic E-state index is 0.0804. The lowest BCUT2D eigenvalue weighted by Gasteiger charge is -2.33. The zero-order valence-corrected chi connectivity index (χ0v) is 24.1. The van der Waals surface area contributed by atoms with Crippen molar-refractivity contribution >= 4 is 32.6 Å². The van der Waals surface area contributed by atoms with Gasteiger partial charge in [-0.05, 0) is 69.2 Å². The molecule has 2 aromatic heterocycles. The van der Waals surface area contributed by atoms with E-state index >= 15 is 0 Å². The lowest BCUT2D eigenvalue weighted by molar-refractivity contribution is -0.138. The summed E-state index contributed by atoms with van der Waals surface area (Å²) >= 11 is 0. The first-order valence-corrected chi connectivity index (χ1v) is 16.2. The Bertz CT molecular complexity index is 1420. The number of aromatic nitrogens is 3. The van der Waals surface area contributed by atoms with Crippen LogP contribution >= 0.6 is 0 Å². The topological polar surface area (TPSA) is 116 Å². The molecule has 1 saturated carbocycles. The molecule has 1 atom stereocenters. The third kappa shape index (κ3) is 6.75. The van der Waals surface area contributed by atoms with Gasteiger partial charge >= 0.3 is 0 Å². The predicted octanol–water partition coefficient (Wildman–Crippen LogP) is 3.84. The zero-order valence-electron chi connectivity index (χ0n) is 23.3. The fraction of sp³-hybridized carbons (Fsp3) is 0.552. The molecule has 216 valence electrons. The maximum absolute atomic E-state index is 13.2. The van der Waals surface area contributed by atoms with E-state index in [1.165, 1.54) is 6.26 Å². The molecule has 3 heterocycles. The summed E-state index contributed by atoms with van der Waals surface area (Å²) in [5.41, 5.74) is 0.943. The average molecular weight is 570 g/mol. The standard InChI is InChI=1S/C29H39N5O5S/c1-38-20-23-6-4-16-33(23)28(35)21-9-11-22(12-10-21)31-29-30-15-13-27(32-29)34-17-14-24-25(34)7-3-8-26(24)39-18-5-19-40(2,36)37/h3,7-8,13-15,17,21-23H,4-6,9-12,16,18-20H2,1-2H3,(H,30,31,32)/t21-,22-,23-/m0/s1. The molecule has 2 aliphatic rings. The number of anilines is 1. The molecule has 5 rings (SSSR count). The molecule has 2 fully saturated rings. The molecular formula is C29H39N5O5S. The Hall–Kier alpha value is -3.18. The van der Waals surface area contributed by atoms with Crippen molar-refractivity contribution in [2.75, 3.05) is 44.2 Å². The molecule has 10 nitrogen and oxygen atoms in total. The summed E-state index contributed by atoms with van der Waals surface area (Å²) in [6, 6.07) is 10.1. The quantitative estimate of drug-likeness (QED) is 0.347. The first-order chi connectivity index (χ1) is 19.3. The van der Waals surface area contributed by atoms with Crippen LogP contribution in [0.3, 0.4) is 0 Å². The summed E-state index contributed by atoms with van der Waals surface area (Å²) in [6.07, 6.45) is 11.0. The Kier molecular flexibility index (Phi) is 8.90. The van der Waals surface area contributed by atoms with Crippen molar-refractivity contribution in [1.82, 2.24) is 19.4 Å². The molecule has 1 aliphatic carbocycles. The maximum atomic E-state index is 13.2. The predicted molar refractivity (Wildman–Crippen MR) is 155 cm³/mol. The van der Waals surface area contributed by atoms with Crippen LogP contribution in [0.2, 0.25) is 0 Å². The van der Waals surface area contributed by atoms with Gasteiger partial charge in [-0.2, -0.15) is 4.98 Å². The highest BCUT2D eigenvalue weighted by Gasteiger charge is 2.35. The third-order valence-corrected chi connectivity index (χ3v) is 8.96. The SMILES string of the molecule is COC[C@@H]1CCCN1C(=O)[C@H]1CC[C@H](Nc2nccc(-n3ccc4c(OCCCS(C)(=O)=O)cccc43)n2)CC1. The van der Waals surface area contributed by atoms with Crippen LogP contribution in [0.25, 0.3) is 16.7 Å². The first kappa shape index (κ1) is 28.4. The van der Waals surface area contributed by atoms with E-state index in [0.717, 1.165) is 61.8 Å². The number of ether oxygens (including phenoxy) is 2. The molecule has 0 spiro atoms. The highest BCUT2D eigenvalue weighted by atomic mass is 32.2. The van der Waals surface area contributed by atoms with E-state index < -0.39 is 9.84 Å². The van der Waals surface area contributed by atoms with Crippen LogP contribution < -0.4 is 10.1 Å². The lowest BCUT2D eigenvalue weighted by atomic mass is 9.85. The highest BCUT2D eigenvalue weighted by molar-refractivity contribution is 7.90. The maximum Gasteiger partial charge on any atom is 0.226 e. The van der Waals surface area contributed by atoms with Crippen LogP contribution in [-0.2, 0) is 19.4 Å². The third-order valence-electron chi connectivity index (χ3n) is 7.93. The normalized spacial score (nSPS) is 21.6. The summed E-state index contributed by atoms with van der Waals surface area (Å²) in [5.74, 6) is 2.49. The van der Waals surface area contributed by atoms with Crippen molar-refractivity contribution in [3.63, 3.8) is 0 Å². The number of likely N-dealkylation sites (tertiary alicyclic amines) is 1. The van der Waals surface area contributed by atoms with Gasteiger partial charge in [-0.1, -0.05) is 6.07 Å². The van der Waals surface area contributed by atoms with E-state index in [9.17, 15) is 13.2 Å². The smallest absolute Gasteiger partial charge is 0.226 e. The molecule has 0 unspecified atom stereocenters.